The predicted molar refractivity (Wildman–Crippen MR) is 81.6 cm³/mol. The maximum absolute atomic E-state index is 6.25. The first-order valence-electron chi connectivity index (χ1n) is 6.37. The Morgan fingerprint density at radius 1 is 1.37 bits per heavy atom. The van der Waals surface area contributed by atoms with E-state index >= 15 is 0 Å². The lowest BCUT2D eigenvalue weighted by molar-refractivity contribution is 0.554. The molecule has 1 aromatic heterocycles. The highest BCUT2D eigenvalue weighted by molar-refractivity contribution is 7.99. The van der Waals surface area contributed by atoms with Gasteiger partial charge in [-0.15, -0.1) is 11.8 Å². The molecule has 0 radical (unpaired) electrons. The van der Waals surface area contributed by atoms with E-state index in [9.17, 15) is 0 Å². The molecule has 3 nitrogen and oxygen atoms in total. The van der Waals surface area contributed by atoms with Crippen LogP contribution in [0.1, 0.15) is 25.1 Å². The lowest BCUT2D eigenvalue weighted by Crippen LogP contribution is -2.19. The number of benzene rings is 1. The maximum Gasteiger partial charge on any atom is 0.0834 e. The smallest absolute Gasteiger partial charge is 0.0834 e. The first-order valence-corrected chi connectivity index (χ1v) is 7.73. The van der Waals surface area contributed by atoms with Crippen LogP contribution >= 0.6 is 23.4 Å². The van der Waals surface area contributed by atoms with Gasteiger partial charge in [-0.1, -0.05) is 36.7 Å². The Morgan fingerprint density at radius 2 is 2.11 bits per heavy atom. The topological polar surface area (TPSA) is 43.8 Å². The SMILES string of the molecule is CCCn1ncc(Cl)c1C(N)CSc1ccccc1. The van der Waals surface area contributed by atoms with Gasteiger partial charge in [0.2, 0.25) is 0 Å². The van der Waals surface area contributed by atoms with Crippen molar-refractivity contribution in [2.45, 2.75) is 30.8 Å². The van der Waals surface area contributed by atoms with Crippen molar-refractivity contribution in [3.8, 4) is 0 Å². The van der Waals surface area contributed by atoms with Gasteiger partial charge in [0.1, 0.15) is 0 Å². The number of aryl methyl sites for hydroxylation is 1. The average molecular weight is 296 g/mol. The van der Waals surface area contributed by atoms with E-state index in [0.717, 1.165) is 24.4 Å². The summed E-state index contributed by atoms with van der Waals surface area (Å²) in [7, 11) is 0. The molecular formula is C14H18ClN3S. The van der Waals surface area contributed by atoms with Crippen LogP contribution in [0.15, 0.2) is 41.4 Å². The average Bonchev–Trinajstić information content (AvgIpc) is 2.79. The van der Waals surface area contributed by atoms with Gasteiger partial charge in [-0.25, -0.2) is 0 Å². The van der Waals surface area contributed by atoms with Crippen molar-refractivity contribution in [2.75, 3.05) is 5.75 Å². The fourth-order valence-electron chi connectivity index (χ4n) is 1.91. The van der Waals surface area contributed by atoms with Crippen LogP contribution < -0.4 is 5.73 Å². The fraction of sp³-hybridized carbons (Fsp3) is 0.357. The number of hydrogen-bond acceptors (Lipinski definition) is 3. The van der Waals surface area contributed by atoms with E-state index in [1.54, 1.807) is 18.0 Å². The Morgan fingerprint density at radius 3 is 2.79 bits per heavy atom. The van der Waals surface area contributed by atoms with Crippen LogP contribution in [-0.2, 0) is 6.54 Å². The molecule has 0 saturated heterocycles. The van der Waals surface area contributed by atoms with Crippen molar-refractivity contribution in [3.05, 3.63) is 47.2 Å². The second-order valence-electron chi connectivity index (χ2n) is 4.33. The second kappa shape index (κ2) is 6.98. The van der Waals surface area contributed by atoms with E-state index < -0.39 is 0 Å². The zero-order valence-corrected chi connectivity index (χ0v) is 12.5. The lowest BCUT2D eigenvalue weighted by atomic mass is 10.2. The third kappa shape index (κ3) is 3.75. The summed E-state index contributed by atoms with van der Waals surface area (Å²) in [6.45, 7) is 2.97. The summed E-state index contributed by atoms with van der Waals surface area (Å²) in [6.07, 6.45) is 2.70. The van der Waals surface area contributed by atoms with Crippen LogP contribution in [-0.4, -0.2) is 15.5 Å². The fourth-order valence-corrected chi connectivity index (χ4v) is 3.07. The molecule has 2 rings (SSSR count). The Balaban J connectivity index is 2.03. The van der Waals surface area contributed by atoms with Crippen LogP contribution in [0.4, 0.5) is 0 Å². The van der Waals surface area contributed by atoms with Crippen molar-refractivity contribution in [2.24, 2.45) is 5.73 Å². The largest absolute Gasteiger partial charge is 0.322 e. The highest BCUT2D eigenvalue weighted by Gasteiger charge is 2.16. The normalized spacial score (nSPS) is 12.6. The summed E-state index contributed by atoms with van der Waals surface area (Å²) in [5, 5.41) is 4.94. The minimum atomic E-state index is -0.105. The van der Waals surface area contributed by atoms with Gasteiger partial charge in [0, 0.05) is 17.2 Å². The van der Waals surface area contributed by atoms with Crippen molar-refractivity contribution in [1.29, 1.82) is 0 Å². The van der Waals surface area contributed by atoms with Crippen molar-refractivity contribution < 1.29 is 0 Å². The standard InChI is InChI=1S/C14H18ClN3S/c1-2-8-18-14(12(15)9-17-18)13(16)10-19-11-6-4-3-5-7-11/h3-7,9,13H,2,8,10,16H2,1H3. The molecule has 19 heavy (non-hydrogen) atoms. The first-order chi connectivity index (χ1) is 9.22. The van der Waals surface area contributed by atoms with Crippen molar-refractivity contribution >= 4 is 23.4 Å². The Labute approximate surface area is 123 Å². The van der Waals surface area contributed by atoms with Crippen LogP contribution in [0.25, 0.3) is 0 Å². The van der Waals surface area contributed by atoms with Gasteiger partial charge in [-0.3, -0.25) is 4.68 Å². The Bertz CT molecular complexity index is 513. The molecular weight excluding hydrogens is 278 g/mol. The van der Waals surface area contributed by atoms with Crippen LogP contribution in [0, 0.1) is 0 Å². The Hall–Kier alpha value is -0.970. The number of nitrogens with zero attached hydrogens (tertiary/aromatic N) is 2. The molecule has 2 aromatic rings. The van der Waals surface area contributed by atoms with Crippen LogP contribution in [0.5, 0.6) is 0 Å². The van der Waals surface area contributed by atoms with E-state index in [1.807, 2.05) is 22.9 Å². The summed E-state index contributed by atoms with van der Waals surface area (Å²) in [6, 6.07) is 10.1. The zero-order chi connectivity index (χ0) is 13.7. The van der Waals surface area contributed by atoms with E-state index in [1.165, 1.54) is 4.90 Å². The van der Waals surface area contributed by atoms with Gasteiger partial charge in [0.05, 0.1) is 23.0 Å². The monoisotopic (exact) mass is 295 g/mol. The van der Waals surface area contributed by atoms with Crippen LogP contribution in [0.3, 0.4) is 0 Å². The van der Waals surface area contributed by atoms with E-state index in [0.29, 0.717) is 5.02 Å². The molecule has 0 bridgehead atoms. The number of nitrogens with two attached hydrogens (primary N) is 1. The summed E-state index contributed by atoms with van der Waals surface area (Å²) in [5.74, 6) is 0.791. The van der Waals surface area contributed by atoms with E-state index in [-0.39, 0.29) is 6.04 Å². The molecule has 0 aliphatic rings. The highest BCUT2D eigenvalue weighted by atomic mass is 35.5. The van der Waals surface area contributed by atoms with Crippen molar-refractivity contribution in [3.63, 3.8) is 0 Å². The molecule has 1 aromatic carbocycles. The quantitative estimate of drug-likeness (QED) is 0.826. The van der Waals surface area contributed by atoms with E-state index in [2.05, 4.69) is 24.2 Å². The minimum Gasteiger partial charge on any atom is -0.322 e. The summed E-state index contributed by atoms with van der Waals surface area (Å²) >= 11 is 7.92. The first kappa shape index (κ1) is 14.4. The molecule has 2 N–H and O–H groups in total. The number of rotatable bonds is 6. The van der Waals surface area contributed by atoms with Gasteiger partial charge in [-0.05, 0) is 18.6 Å². The molecule has 5 heteroatoms. The third-order valence-electron chi connectivity index (χ3n) is 2.79. The zero-order valence-electron chi connectivity index (χ0n) is 10.9. The molecule has 0 aliphatic carbocycles. The van der Waals surface area contributed by atoms with E-state index in [4.69, 9.17) is 17.3 Å². The number of thioether (sulfide) groups is 1. The highest BCUT2D eigenvalue weighted by Crippen LogP contribution is 2.27. The molecule has 1 heterocycles. The Kier molecular flexibility index (Phi) is 5.31. The maximum atomic E-state index is 6.25. The predicted octanol–water partition coefficient (Wildman–Crippen LogP) is 3.74. The van der Waals surface area contributed by atoms with Crippen molar-refractivity contribution in [1.82, 2.24) is 9.78 Å². The van der Waals surface area contributed by atoms with Gasteiger partial charge in [0.15, 0.2) is 0 Å². The summed E-state index contributed by atoms with van der Waals surface area (Å²) in [5.41, 5.74) is 7.19. The number of halogens is 1. The van der Waals surface area contributed by atoms with Gasteiger partial charge in [-0.2, -0.15) is 5.10 Å². The number of aromatic nitrogens is 2. The summed E-state index contributed by atoms with van der Waals surface area (Å²) < 4.78 is 1.92. The lowest BCUT2D eigenvalue weighted by Gasteiger charge is -2.14. The molecule has 0 spiro atoms. The molecule has 1 unspecified atom stereocenters. The molecule has 1 atom stereocenters. The minimum absolute atomic E-state index is 0.105. The van der Waals surface area contributed by atoms with Gasteiger partial charge < -0.3 is 5.73 Å². The molecule has 0 fully saturated rings. The third-order valence-corrected chi connectivity index (χ3v) is 4.22. The van der Waals surface area contributed by atoms with Gasteiger partial charge in [0.25, 0.3) is 0 Å². The second-order valence-corrected chi connectivity index (χ2v) is 5.83. The molecule has 0 aliphatic heterocycles. The van der Waals surface area contributed by atoms with Crippen LogP contribution in [0.2, 0.25) is 5.02 Å². The van der Waals surface area contributed by atoms with Gasteiger partial charge >= 0.3 is 0 Å². The number of hydrogen-bond donors (Lipinski definition) is 1. The molecule has 0 saturated carbocycles. The molecule has 0 amide bonds. The molecule has 102 valence electrons. The summed E-state index contributed by atoms with van der Waals surface area (Å²) in [4.78, 5) is 1.22.